The van der Waals surface area contributed by atoms with E-state index >= 15 is 0 Å². The number of hydrogen-bond acceptors (Lipinski definition) is 4. The Morgan fingerprint density at radius 2 is 1.25 bits per heavy atom. The van der Waals surface area contributed by atoms with Crippen LogP contribution >= 0.6 is 0 Å². The van der Waals surface area contributed by atoms with Crippen molar-refractivity contribution in [1.82, 2.24) is 19.1 Å². The molecule has 0 N–H and O–H groups in total. The van der Waals surface area contributed by atoms with Crippen LogP contribution in [0.5, 0.6) is 0 Å². The molecular weight excluding hydrogens is 396 g/mol. The minimum Gasteiger partial charge on any atom is -0.319 e. The average Bonchev–Trinajstić information content (AvgIpc) is 3.47. The van der Waals surface area contributed by atoms with E-state index in [4.69, 9.17) is 10.5 Å². The first-order valence-corrected chi connectivity index (χ1v) is 12.3. The van der Waals surface area contributed by atoms with Gasteiger partial charge in [0.15, 0.2) is 0 Å². The van der Waals surface area contributed by atoms with E-state index in [1.54, 1.807) is 12.4 Å². The summed E-state index contributed by atoms with van der Waals surface area (Å²) in [4.78, 5) is 8.56. The molecule has 2 unspecified atom stereocenters. The Bertz CT molecular complexity index is 820. The second kappa shape index (κ2) is 16.1. The van der Waals surface area contributed by atoms with Gasteiger partial charge in [0.2, 0.25) is 0 Å². The molecule has 2 heterocycles. The quantitative estimate of drug-likeness (QED) is 0.311. The Hall–Kier alpha value is -2.60. The lowest BCUT2D eigenvalue weighted by Gasteiger charge is -2.11. The molecule has 0 saturated carbocycles. The fourth-order valence-electron chi connectivity index (χ4n) is 3.71. The molecular formula is C26H42N6. The summed E-state index contributed by atoms with van der Waals surface area (Å²) in [5.74, 6) is 2.40. The zero-order valence-electron chi connectivity index (χ0n) is 20.8. The molecule has 176 valence electrons. The number of hydrogen-bond donors (Lipinski definition) is 0. The highest BCUT2D eigenvalue weighted by Crippen LogP contribution is 2.16. The van der Waals surface area contributed by atoms with Crippen LogP contribution < -0.4 is 0 Å². The third kappa shape index (κ3) is 9.69. The molecule has 0 radical (unpaired) electrons. The maximum atomic E-state index is 8.96. The first-order chi connectivity index (χ1) is 15.5. The molecule has 2 aromatic rings. The summed E-state index contributed by atoms with van der Waals surface area (Å²) in [5, 5.41) is 17.7. The van der Waals surface area contributed by atoms with Gasteiger partial charge < -0.3 is 9.13 Å². The molecule has 0 spiro atoms. The van der Waals surface area contributed by atoms with Gasteiger partial charge in [0.1, 0.15) is 23.7 Å². The van der Waals surface area contributed by atoms with Crippen molar-refractivity contribution in [3.05, 3.63) is 36.4 Å². The van der Waals surface area contributed by atoms with E-state index in [0.29, 0.717) is 5.92 Å². The minimum absolute atomic E-state index is 0.105. The molecule has 6 nitrogen and oxygen atoms in total. The molecule has 0 fully saturated rings. The van der Waals surface area contributed by atoms with Crippen LogP contribution in [-0.2, 0) is 6.42 Å². The summed E-state index contributed by atoms with van der Waals surface area (Å²) in [6.45, 7) is 10.2. The summed E-state index contributed by atoms with van der Waals surface area (Å²) in [5.41, 5.74) is 0. The summed E-state index contributed by atoms with van der Waals surface area (Å²) in [6.07, 6.45) is 20.4. The highest BCUT2D eigenvalue weighted by Gasteiger charge is 2.11. The van der Waals surface area contributed by atoms with Crippen molar-refractivity contribution >= 4 is 0 Å². The summed E-state index contributed by atoms with van der Waals surface area (Å²) in [7, 11) is 0. The summed E-state index contributed by atoms with van der Waals surface area (Å²) >= 11 is 0. The van der Waals surface area contributed by atoms with Crippen molar-refractivity contribution in [3.8, 4) is 12.1 Å². The van der Waals surface area contributed by atoms with Crippen LogP contribution in [0.4, 0.5) is 0 Å². The van der Waals surface area contributed by atoms with Gasteiger partial charge in [0.25, 0.3) is 0 Å². The standard InChI is InChI=1S/C17H29N3.C9H13N3/c1-3-4-5-6-7-8-9-10-11-12-17-19-13-14-20(17)16(2)15-18;1-7(2)9-11-4-5-12(9)8(3)6-10/h13-14,16H,3-12H2,1-2H3;4-5,7-8H,1-3H3. The van der Waals surface area contributed by atoms with Gasteiger partial charge in [0.05, 0.1) is 12.1 Å². The SMILES string of the molecule is CC(C)c1nccn1C(C)C#N.CCCCCCCCCCCc1nccn1C(C)C#N. The molecule has 0 aromatic carbocycles. The van der Waals surface area contributed by atoms with Crippen LogP contribution in [0.25, 0.3) is 0 Å². The second-order valence-electron chi connectivity index (χ2n) is 8.79. The highest BCUT2D eigenvalue weighted by atomic mass is 15.1. The van der Waals surface area contributed by atoms with Crippen LogP contribution in [0.15, 0.2) is 24.8 Å². The second-order valence-corrected chi connectivity index (χ2v) is 8.79. The predicted octanol–water partition coefficient (Wildman–Crippen LogP) is 7.13. The van der Waals surface area contributed by atoms with Crippen LogP contribution in [0.2, 0.25) is 0 Å². The molecule has 0 aliphatic heterocycles. The molecule has 0 aliphatic rings. The Labute approximate surface area is 195 Å². The number of nitriles is 2. The van der Waals surface area contributed by atoms with Crippen molar-refractivity contribution in [3.63, 3.8) is 0 Å². The molecule has 0 aliphatic carbocycles. The van der Waals surface area contributed by atoms with Gasteiger partial charge in [-0.2, -0.15) is 10.5 Å². The van der Waals surface area contributed by atoms with E-state index in [9.17, 15) is 0 Å². The topological polar surface area (TPSA) is 83.2 Å². The van der Waals surface area contributed by atoms with Gasteiger partial charge in [-0.25, -0.2) is 9.97 Å². The van der Waals surface area contributed by atoms with Crippen LogP contribution in [-0.4, -0.2) is 19.1 Å². The summed E-state index contributed by atoms with van der Waals surface area (Å²) in [6, 6.07) is 4.23. The first kappa shape index (κ1) is 27.4. The van der Waals surface area contributed by atoms with Gasteiger partial charge in [-0.15, -0.1) is 0 Å². The number of rotatable bonds is 13. The lowest BCUT2D eigenvalue weighted by molar-refractivity contribution is 0.552. The predicted molar refractivity (Wildman–Crippen MR) is 130 cm³/mol. The van der Waals surface area contributed by atoms with E-state index < -0.39 is 0 Å². The number of unbranched alkanes of at least 4 members (excludes halogenated alkanes) is 8. The Morgan fingerprint density at radius 1 is 0.750 bits per heavy atom. The lowest BCUT2D eigenvalue weighted by atomic mass is 10.1. The maximum Gasteiger partial charge on any atom is 0.119 e. The summed E-state index contributed by atoms with van der Waals surface area (Å²) < 4.78 is 3.90. The van der Waals surface area contributed by atoms with E-state index in [1.807, 2.05) is 35.4 Å². The van der Waals surface area contributed by atoms with E-state index in [-0.39, 0.29) is 12.1 Å². The molecule has 0 amide bonds. The zero-order chi connectivity index (χ0) is 23.8. The van der Waals surface area contributed by atoms with Crippen LogP contribution in [0.1, 0.15) is 122 Å². The fraction of sp³-hybridized carbons (Fsp3) is 0.692. The molecule has 0 bridgehead atoms. The van der Waals surface area contributed by atoms with Gasteiger partial charge in [-0.3, -0.25) is 0 Å². The molecule has 32 heavy (non-hydrogen) atoms. The smallest absolute Gasteiger partial charge is 0.119 e. The van der Waals surface area contributed by atoms with Gasteiger partial charge in [0, 0.05) is 37.1 Å². The number of imidazole rings is 2. The van der Waals surface area contributed by atoms with Crippen molar-refractivity contribution in [2.75, 3.05) is 0 Å². The molecule has 2 aromatic heterocycles. The van der Waals surface area contributed by atoms with Gasteiger partial charge in [-0.05, 0) is 20.3 Å². The van der Waals surface area contributed by atoms with Crippen LogP contribution in [0.3, 0.4) is 0 Å². The average molecular weight is 439 g/mol. The Balaban J connectivity index is 0.000000363. The van der Waals surface area contributed by atoms with Gasteiger partial charge >= 0.3 is 0 Å². The van der Waals surface area contributed by atoms with E-state index in [2.05, 4.69) is 42.9 Å². The number of aromatic nitrogens is 4. The Kier molecular flexibility index (Phi) is 13.8. The minimum atomic E-state index is -0.120. The first-order valence-electron chi connectivity index (χ1n) is 12.3. The normalized spacial score (nSPS) is 12.5. The van der Waals surface area contributed by atoms with Crippen molar-refractivity contribution in [2.24, 2.45) is 0 Å². The van der Waals surface area contributed by atoms with E-state index in [1.165, 1.54) is 57.8 Å². The lowest BCUT2D eigenvalue weighted by Crippen LogP contribution is -2.07. The monoisotopic (exact) mass is 438 g/mol. The third-order valence-electron chi connectivity index (χ3n) is 5.68. The van der Waals surface area contributed by atoms with E-state index in [0.717, 1.165) is 18.1 Å². The number of nitrogens with zero attached hydrogens (tertiary/aromatic N) is 6. The third-order valence-corrected chi connectivity index (χ3v) is 5.68. The Morgan fingerprint density at radius 3 is 1.81 bits per heavy atom. The molecule has 2 atom stereocenters. The zero-order valence-corrected chi connectivity index (χ0v) is 20.8. The molecule has 6 heteroatoms. The van der Waals surface area contributed by atoms with Gasteiger partial charge in [-0.1, -0.05) is 72.1 Å². The largest absolute Gasteiger partial charge is 0.319 e. The number of aryl methyl sites for hydroxylation is 1. The van der Waals surface area contributed by atoms with Crippen molar-refractivity contribution in [1.29, 1.82) is 10.5 Å². The van der Waals surface area contributed by atoms with Crippen molar-refractivity contribution in [2.45, 2.75) is 117 Å². The maximum absolute atomic E-state index is 8.96. The fourth-order valence-corrected chi connectivity index (χ4v) is 3.71. The molecule has 2 rings (SSSR count). The van der Waals surface area contributed by atoms with Crippen LogP contribution in [0, 0.1) is 22.7 Å². The van der Waals surface area contributed by atoms with Crippen molar-refractivity contribution < 1.29 is 0 Å². The highest BCUT2D eigenvalue weighted by molar-refractivity contribution is 5.03. The molecule has 0 saturated heterocycles.